The fraction of sp³-hybridized carbons (Fsp3) is 0.206. The van der Waals surface area contributed by atoms with Crippen LogP contribution in [0, 0.1) is 43.3 Å². The van der Waals surface area contributed by atoms with Crippen molar-refractivity contribution in [3.63, 3.8) is 0 Å². The van der Waals surface area contributed by atoms with Gasteiger partial charge in [0, 0.05) is 10.0 Å². The normalized spacial score (nSPS) is 9.91. The molecule has 0 amide bonds. The lowest BCUT2D eigenvalue weighted by atomic mass is 10.1. The Kier molecular flexibility index (Phi) is 13.3. The molecular formula is C34H28Cl2FNO6S. The number of carboxylic acid groups (broad SMARTS) is 2. The second-order valence-corrected chi connectivity index (χ2v) is 11.4. The summed E-state index contributed by atoms with van der Waals surface area (Å²) in [6.07, 6.45) is 1.75. The number of benzene rings is 3. The number of ether oxygens (including phenoxy) is 2. The third-order valence-corrected chi connectivity index (χ3v) is 7.16. The van der Waals surface area contributed by atoms with Crippen LogP contribution in [0.25, 0.3) is 0 Å². The van der Waals surface area contributed by atoms with Crippen molar-refractivity contribution in [3.05, 3.63) is 108 Å². The van der Waals surface area contributed by atoms with E-state index in [4.69, 9.17) is 42.9 Å². The summed E-state index contributed by atoms with van der Waals surface area (Å²) in [5.74, 6) is 9.69. The van der Waals surface area contributed by atoms with Gasteiger partial charge in [-0.15, -0.1) is 11.3 Å². The van der Waals surface area contributed by atoms with E-state index in [1.807, 2.05) is 26.8 Å². The summed E-state index contributed by atoms with van der Waals surface area (Å²) < 4.78 is 24.4. The van der Waals surface area contributed by atoms with Crippen molar-refractivity contribution >= 4 is 46.5 Å². The van der Waals surface area contributed by atoms with Crippen LogP contribution in [0.1, 0.15) is 51.2 Å². The van der Waals surface area contributed by atoms with E-state index in [1.54, 1.807) is 36.4 Å². The summed E-state index contributed by atoms with van der Waals surface area (Å²) in [4.78, 5) is 26.4. The fourth-order valence-electron chi connectivity index (χ4n) is 3.74. The molecule has 0 aliphatic carbocycles. The number of carboxylic acids is 2. The molecule has 0 spiro atoms. The van der Waals surface area contributed by atoms with E-state index in [0.29, 0.717) is 26.9 Å². The molecule has 11 heteroatoms. The molecule has 7 nitrogen and oxygen atoms in total. The third-order valence-electron chi connectivity index (χ3n) is 5.70. The van der Waals surface area contributed by atoms with Crippen LogP contribution in [0.4, 0.5) is 4.39 Å². The first-order valence-electron chi connectivity index (χ1n) is 13.5. The van der Waals surface area contributed by atoms with Crippen molar-refractivity contribution in [2.24, 2.45) is 0 Å². The van der Waals surface area contributed by atoms with Crippen LogP contribution in [0.15, 0.2) is 54.6 Å². The van der Waals surface area contributed by atoms with Gasteiger partial charge in [-0.05, 0) is 80.3 Å². The van der Waals surface area contributed by atoms with Crippen LogP contribution >= 0.6 is 34.5 Å². The molecule has 45 heavy (non-hydrogen) atoms. The summed E-state index contributed by atoms with van der Waals surface area (Å²) in [6.45, 7) is 4.94. The van der Waals surface area contributed by atoms with Gasteiger partial charge in [0.15, 0.2) is 13.2 Å². The summed E-state index contributed by atoms with van der Waals surface area (Å²) in [6, 6.07) is 14.5. The molecule has 1 heterocycles. The van der Waals surface area contributed by atoms with Gasteiger partial charge in [0.2, 0.25) is 0 Å². The summed E-state index contributed by atoms with van der Waals surface area (Å²) >= 11 is 13.4. The maximum atomic E-state index is 14.1. The first kappa shape index (κ1) is 34.9. The fourth-order valence-corrected chi connectivity index (χ4v) is 4.86. The topological polar surface area (TPSA) is 106 Å². The number of aryl methyl sites for hydroxylation is 3. The number of aliphatic carboxylic acids is 2. The van der Waals surface area contributed by atoms with Gasteiger partial charge in [-0.2, -0.15) is 0 Å². The number of hydrogen-bond donors (Lipinski definition) is 2. The quantitative estimate of drug-likeness (QED) is 0.187. The molecule has 0 fully saturated rings. The van der Waals surface area contributed by atoms with Gasteiger partial charge in [0.25, 0.3) is 0 Å². The Balaban J connectivity index is 0.000000248. The van der Waals surface area contributed by atoms with Crippen molar-refractivity contribution in [2.75, 3.05) is 13.2 Å². The average molecular weight is 669 g/mol. The van der Waals surface area contributed by atoms with Crippen LogP contribution in [0.5, 0.6) is 11.5 Å². The third kappa shape index (κ3) is 11.5. The highest BCUT2D eigenvalue weighted by molar-refractivity contribution is 7.12. The van der Waals surface area contributed by atoms with E-state index >= 15 is 0 Å². The first-order chi connectivity index (χ1) is 21.4. The number of carbonyl (C=O) groups is 2. The molecule has 1 aromatic heterocycles. The van der Waals surface area contributed by atoms with Crippen LogP contribution in [-0.4, -0.2) is 40.3 Å². The standard InChI is InChI=1S/C19H16ClFO3.C15H12ClNO3S/c1-2-3-13-4-5-14(17(21)10-13)6-7-15-11-16(20)8-9-18(15)24-12-19(22)23;1-9-14(21-10(2)17-9)6-3-11-7-12(16)4-5-13(11)20-8-15(18)19/h4-5,8-11H,2-3,12H2,1H3,(H,22,23);4-5,7H,8H2,1-2H3,(H,18,19). The maximum absolute atomic E-state index is 14.1. The molecule has 0 aliphatic heterocycles. The lowest BCUT2D eigenvalue weighted by Crippen LogP contribution is -2.10. The predicted octanol–water partition coefficient (Wildman–Crippen LogP) is 7.57. The van der Waals surface area contributed by atoms with E-state index in [1.165, 1.54) is 23.5 Å². The summed E-state index contributed by atoms with van der Waals surface area (Å²) in [5, 5.41) is 19.3. The molecule has 0 saturated heterocycles. The Morgan fingerprint density at radius 1 is 0.822 bits per heavy atom. The molecule has 0 aliphatic rings. The van der Waals surface area contributed by atoms with Gasteiger partial charge in [0.05, 0.1) is 27.4 Å². The smallest absolute Gasteiger partial charge is 0.341 e. The van der Waals surface area contributed by atoms with Crippen molar-refractivity contribution < 1.29 is 33.7 Å². The maximum Gasteiger partial charge on any atom is 0.341 e. The van der Waals surface area contributed by atoms with Gasteiger partial charge >= 0.3 is 11.9 Å². The summed E-state index contributed by atoms with van der Waals surface area (Å²) in [5.41, 5.74) is 3.02. The van der Waals surface area contributed by atoms with Crippen molar-refractivity contribution in [3.8, 4) is 35.2 Å². The van der Waals surface area contributed by atoms with Crippen molar-refractivity contribution in [2.45, 2.75) is 33.6 Å². The molecule has 4 aromatic rings. The van der Waals surface area contributed by atoms with E-state index < -0.39 is 25.2 Å². The van der Waals surface area contributed by atoms with E-state index in [9.17, 15) is 14.0 Å². The number of rotatable bonds is 8. The first-order valence-corrected chi connectivity index (χ1v) is 15.1. The van der Waals surface area contributed by atoms with Crippen molar-refractivity contribution in [1.82, 2.24) is 4.98 Å². The van der Waals surface area contributed by atoms with E-state index in [2.05, 4.69) is 28.7 Å². The zero-order valence-corrected chi connectivity index (χ0v) is 26.9. The van der Waals surface area contributed by atoms with Gasteiger partial charge in [0.1, 0.15) is 22.2 Å². The van der Waals surface area contributed by atoms with Gasteiger partial charge in [-0.3, -0.25) is 0 Å². The molecular weight excluding hydrogens is 640 g/mol. The highest BCUT2D eigenvalue weighted by Crippen LogP contribution is 2.24. The van der Waals surface area contributed by atoms with Gasteiger partial charge in [-0.25, -0.2) is 19.0 Å². The number of nitrogens with zero attached hydrogens (tertiary/aromatic N) is 1. The molecule has 0 atom stereocenters. The Bertz CT molecular complexity index is 1820. The van der Waals surface area contributed by atoms with Crippen LogP contribution in [-0.2, 0) is 16.0 Å². The van der Waals surface area contributed by atoms with Crippen LogP contribution < -0.4 is 9.47 Å². The zero-order chi connectivity index (χ0) is 32.9. The molecule has 2 N–H and O–H groups in total. The summed E-state index contributed by atoms with van der Waals surface area (Å²) in [7, 11) is 0. The minimum Gasteiger partial charge on any atom is -0.481 e. The van der Waals surface area contributed by atoms with E-state index in [0.717, 1.165) is 34.0 Å². The molecule has 0 unspecified atom stereocenters. The zero-order valence-electron chi connectivity index (χ0n) is 24.5. The Morgan fingerprint density at radius 2 is 1.36 bits per heavy atom. The monoisotopic (exact) mass is 667 g/mol. The number of halogens is 3. The predicted molar refractivity (Wildman–Crippen MR) is 173 cm³/mol. The molecule has 0 saturated carbocycles. The largest absolute Gasteiger partial charge is 0.481 e. The number of hydrogen-bond acceptors (Lipinski definition) is 6. The van der Waals surface area contributed by atoms with E-state index in [-0.39, 0.29) is 17.1 Å². The number of thiazole rings is 1. The highest BCUT2D eigenvalue weighted by Gasteiger charge is 2.08. The Labute approximate surface area is 274 Å². The van der Waals surface area contributed by atoms with Crippen LogP contribution in [0.2, 0.25) is 10.0 Å². The highest BCUT2D eigenvalue weighted by atomic mass is 35.5. The molecule has 3 aromatic carbocycles. The molecule has 0 bridgehead atoms. The average Bonchev–Trinajstić information content (AvgIpc) is 3.31. The van der Waals surface area contributed by atoms with Crippen LogP contribution in [0.3, 0.4) is 0 Å². The minimum absolute atomic E-state index is 0.263. The Hall–Kier alpha value is -4.54. The SMILES string of the molecule is CCCc1ccc(C#Cc2cc(Cl)ccc2OCC(=O)O)c(F)c1.Cc1nc(C)c(C#Cc2cc(Cl)ccc2OCC(=O)O)s1. The molecule has 232 valence electrons. The molecule has 4 rings (SSSR count). The second kappa shape index (κ2) is 17.1. The van der Waals surface area contributed by atoms with Gasteiger partial charge in [-0.1, -0.05) is 60.4 Å². The van der Waals surface area contributed by atoms with Crippen molar-refractivity contribution in [1.29, 1.82) is 0 Å². The Morgan fingerprint density at radius 3 is 1.82 bits per heavy atom. The lowest BCUT2D eigenvalue weighted by molar-refractivity contribution is -0.140. The lowest BCUT2D eigenvalue weighted by Gasteiger charge is -2.06. The number of aromatic nitrogens is 1. The molecule has 0 radical (unpaired) electrons. The minimum atomic E-state index is -1.10. The second-order valence-electron chi connectivity index (χ2n) is 9.36. The van der Waals surface area contributed by atoms with Gasteiger partial charge < -0.3 is 19.7 Å².